The predicted octanol–water partition coefficient (Wildman–Crippen LogP) is 4.12. The van der Waals surface area contributed by atoms with Crippen LogP contribution < -0.4 is 0 Å². The Morgan fingerprint density at radius 3 is 2.20 bits per heavy atom. The normalized spacial score (nSPS) is 10.9. The third-order valence-electron chi connectivity index (χ3n) is 2.83. The fraction of sp³-hybridized carbons (Fsp3) is 0.133. The lowest BCUT2D eigenvalue weighted by atomic mass is 10.1. The number of azo groups is 1. The Morgan fingerprint density at radius 2 is 1.60 bits per heavy atom. The highest BCUT2D eigenvalue weighted by Gasteiger charge is 2.13. The van der Waals surface area contributed by atoms with Gasteiger partial charge >= 0.3 is 5.97 Å². The average Bonchev–Trinajstić information content (AvgIpc) is 2.41. The quantitative estimate of drug-likeness (QED) is 0.823. The highest BCUT2D eigenvalue weighted by molar-refractivity contribution is 5.92. The van der Waals surface area contributed by atoms with Gasteiger partial charge < -0.3 is 10.2 Å². The summed E-state index contributed by atoms with van der Waals surface area (Å²) in [6, 6.07) is 10.4. The van der Waals surface area contributed by atoms with Gasteiger partial charge in [0.05, 0.1) is 11.4 Å². The summed E-state index contributed by atoms with van der Waals surface area (Å²) in [5.74, 6) is -1.44. The van der Waals surface area contributed by atoms with Crippen LogP contribution in [-0.2, 0) is 0 Å². The fourth-order valence-corrected chi connectivity index (χ4v) is 1.71. The minimum absolute atomic E-state index is 0.178. The van der Waals surface area contributed by atoms with Gasteiger partial charge in [-0.05, 0) is 43.7 Å². The zero-order valence-electron chi connectivity index (χ0n) is 11.2. The van der Waals surface area contributed by atoms with Gasteiger partial charge in [-0.15, -0.1) is 0 Å². The topological polar surface area (TPSA) is 82.2 Å². The Balaban J connectivity index is 2.34. The second-order valence-corrected chi connectivity index (χ2v) is 4.50. The Labute approximate surface area is 116 Å². The second kappa shape index (κ2) is 5.52. The van der Waals surface area contributed by atoms with E-state index in [1.165, 1.54) is 6.07 Å². The Morgan fingerprint density at radius 1 is 1.00 bits per heavy atom. The van der Waals surface area contributed by atoms with Crippen LogP contribution >= 0.6 is 0 Å². The number of rotatable bonds is 3. The number of aromatic hydroxyl groups is 1. The molecule has 0 saturated carbocycles. The molecule has 20 heavy (non-hydrogen) atoms. The summed E-state index contributed by atoms with van der Waals surface area (Å²) in [5, 5.41) is 26.7. The van der Waals surface area contributed by atoms with Crippen LogP contribution in [0.15, 0.2) is 46.6 Å². The van der Waals surface area contributed by atoms with Crippen LogP contribution in [0.4, 0.5) is 11.4 Å². The third kappa shape index (κ3) is 3.00. The van der Waals surface area contributed by atoms with E-state index in [0.717, 1.165) is 5.56 Å². The van der Waals surface area contributed by atoms with Crippen LogP contribution in [0, 0.1) is 13.8 Å². The van der Waals surface area contributed by atoms with Crippen molar-refractivity contribution in [3.8, 4) is 5.75 Å². The molecule has 0 amide bonds. The maximum Gasteiger partial charge on any atom is 0.339 e. The molecule has 0 unspecified atom stereocenters. The zero-order valence-corrected chi connectivity index (χ0v) is 11.2. The van der Waals surface area contributed by atoms with E-state index >= 15 is 0 Å². The molecular weight excluding hydrogens is 256 g/mol. The smallest absolute Gasteiger partial charge is 0.339 e. The SMILES string of the molecule is Cc1ccc(N=Nc2cc(C)c(O)c(C(=O)O)c2)cc1. The molecule has 0 radical (unpaired) electrons. The number of carboxylic acid groups (broad SMARTS) is 1. The van der Waals surface area contributed by atoms with Crippen molar-refractivity contribution in [2.45, 2.75) is 13.8 Å². The summed E-state index contributed by atoms with van der Waals surface area (Å²) in [6.45, 7) is 3.59. The number of aromatic carboxylic acids is 1. The first-order chi connectivity index (χ1) is 9.47. The van der Waals surface area contributed by atoms with Crippen molar-refractivity contribution < 1.29 is 15.0 Å². The molecule has 0 aromatic heterocycles. The third-order valence-corrected chi connectivity index (χ3v) is 2.83. The molecular formula is C15H14N2O3. The Hall–Kier alpha value is -2.69. The molecule has 2 N–H and O–H groups in total. The van der Waals surface area contributed by atoms with Crippen molar-refractivity contribution >= 4 is 17.3 Å². The maximum atomic E-state index is 11.0. The highest BCUT2D eigenvalue weighted by atomic mass is 16.4. The van der Waals surface area contributed by atoms with Crippen LogP contribution in [0.3, 0.4) is 0 Å². The first-order valence-electron chi connectivity index (χ1n) is 6.02. The number of hydrogen-bond donors (Lipinski definition) is 2. The molecule has 5 heteroatoms. The second-order valence-electron chi connectivity index (χ2n) is 4.50. The van der Waals surface area contributed by atoms with E-state index in [2.05, 4.69) is 10.2 Å². The van der Waals surface area contributed by atoms with Gasteiger partial charge in [0.15, 0.2) is 0 Å². The van der Waals surface area contributed by atoms with Crippen molar-refractivity contribution in [3.63, 3.8) is 0 Å². The van der Waals surface area contributed by atoms with Gasteiger partial charge in [-0.2, -0.15) is 10.2 Å². The van der Waals surface area contributed by atoms with E-state index in [1.54, 1.807) is 13.0 Å². The number of aryl methyl sites for hydroxylation is 2. The molecule has 0 aliphatic rings. The van der Waals surface area contributed by atoms with Crippen molar-refractivity contribution in [1.29, 1.82) is 0 Å². The minimum Gasteiger partial charge on any atom is -0.507 e. The first-order valence-corrected chi connectivity index (χ1v) is 6.02. The summed E-state index contributed by atoms with van der Waals surface area (Å²) < 4.78 is 0. The zero-order chi connectivity index (χ0) is 14.7. The molecule has 2 aromatic rings. The first kappa shape index (κ1) is 13.7. The summed E-state index contributed by atoms with van der Waals surface area (Å²) >= 11 is 0. The molecule has 5 nitrogen and oxygen atoms in total. The van der Waals surface area contributed by atoms with E-state index in [0.29, 0.717) is 16.9 Å². The molecule has 0 heterocycles. The average molecular weight is 270 g/mol. The lowest BCUT2D eigenvalue weighted by molar-refractivity contribution is 0.0693. The van der Waals surface area contributed by atoms with E-state index < -0.39 is 5.97 Å². The number of phenols is 1. The molecule has 0 aliphatic heterocycles. The summed E-state index contributed by atoms with van der Waals surface area (Å²) in [5.41, 5.74) is 2.46. The summed E-state index contributed by atoms with van der Waals surface area (Å²) in [7, 11) is 0. The molecule has 2 aromatic carbocycles. The monoisotopic (exact) mass is 270 g/mol. The van der Waals surface area contributed by atoms with Crippen molar-refractivity contribution in [2.24, 2.45) is 10.2 Å². The number of carbonyl (C=O) groups is 1. The van der Waals surface area contributed by atoms with Gasteiger partial charge in [0, 0.05) is 0 Å². The lowest BCUT2D eigenvalue weighted by Gasteiger charge is -2.04. The van der Waals surface area contributed by atoms with Crippen LogP contribution in [0.5, 0.6) is 5.75 Å². The fourth-order valence-electron chi connectivity index (χ4n) is 1.71. The van der Waals surface area contributed by atoms with Gasteiger partial charge in [-0.1, -0.05) is 17.7 Å². The van der Waals surface area contributed by atoms with Crippen LogP contribution in [-0.4, -0.2) is 16.2 Å². The standard InChI is InChI=1S/C15H14N2O3/c1-9-3-5-11(6-4-9)16-17-12-7-10(2)14(18)13(8-12)15(19)20/h3-8,18H,1-2H3,(H,19,20). The number of benzene rings is 2. The molecule has 0 bridgehead atoms. The molecule has 0 saturated heterocycles. The molecule has 0 spiro atoms. The number of nitrogens with zero attached hydrogens (tertiary/aromatic N) is 2. The molecule has 102 valence electrons. The maximum absolute atomic E-state index is 11.0. The summed E-state index contributed by atoms with van der Waals surface area (Å²) in [6.07, 6.45) is 0. The van der Waals surface area contributed by atoms with Crippen LogP contribution in [0.1, 0.15) is 21.5 Å². The van der Waals surface area contributed by atoms with Crippen LogP contribution in [0.25, 0.3) is 0 Å². The largest absolute Gasteiger partial charge is 0.507 e. The molecule has 0 aliphatic carbocycles. The highest BCUT2D eigenvalue weighted by Crippen LogP contribution is 2.29. The van der Waals surface area contributed by atoms with E-state index in [9.17, 15) is 9.90 Å². The van der Waals surface area contributed by atoms with Gasteiger partial charge in [-0.25, -0.2) is 4.79 Å². The van der Waals surface area contributed by atoms with Crippen molar-refractivity contribution in [2.75, 3.05) is 0 Å². The van der Waals surface area contributed by atoms with Crippen molar-refractivity contribution in [1.82, 2.24) is 0 Å². The van der Waals surface area contributed by atoms with E-state index in [1.807, 2.05) is 31.2 Å². The number of carboxylic acids is 1. The van der Waals surface area contributed by atoms with Gasteiger partial charge in [-0.3, -0.25) is 0 Å². The molecule has 0 fully saturated rings. The van der Waals surface area contributed by atoms with Crippen molar-refractivity contribution in [3.05, 3.63) is 53.1 Å². The lowest BCUT2D eigenvalue weighted by Crippen LogP contribution is -1.97. The van der Waals surface area contributed by atoms with E-state index in [4.69, 9.17) is 5.11 Å². The molecule has 2 rings (SSSR count). The number of hydrogen-bond acceptors (Lipinski definition) is 4. The Bertz CT molecular complexity index is 676. The predicted molar refractivity (Wildman–Crippen MR) is 75.2 cm³/mol. The van der Waals surface area contributed by atoms with E-state index in [-0.39, 0.29) is 11.3 Å². The van der Waals surface area contributed by atoms with Gasteiger partial charge in [0.25, 0.3) is 0 Å². The molecule has 0 atom stereocenters. The Kier molecular flexibility index (Phi) is 3.79. The summed E-state index contributed by atoms with van der Waals surface area (Å²) in [4.78, 5) is 11.0. The van der Waals surface area contributed by atoms with Crippen LogP contribution in [0.2, 0.25) is 0 Å². The minimum atomic E-state index is -1.20. The van der Waals surface area contributed by atoms with Gasteiger partial charge in [0.1, 0.15) is 11.3 Å². The van der Waals surface area contributed by atoms with Gasteiger partial charge in [0.2, 0.25) is 0 Å².